The zero-order valence-corrected chi connectivity index (χ0v) is 10.2. The van der Waals surface area contributed by atoms with E-state index in [1.54, 1.807) is 0 Å². The van der Waals surface area contributed by atoms with E-state index in [4.69, 9.17) is 5.73 Å². The monoisotopic (exact) mass is 235 g/mol. The fourth-order valence-electron chi connectivity index (χ4n) is 2.86. The van der Waals surface area contributed by atoms with Gasteiger partial charge in [0.1, 0.15) is 12.0 Å². The maximum Gasteiger partial charge on any atom is 0.151 e. The molecule has 3 rings (SSSR count). The van der Waals surface area contributed by atoms with Gasteiger partial charge in [-0.05, 0) is 44.7 Å². The Morgan fingerprint density at radius 2 is 2.12 bits per heavy atom. The van der Waals surface area contributed by atoms with Gasteiger partial charge in [0.2, 0.25) is 0 Å². The highest BCUT2D eigenvalue weighted by molar-refractivity contribution is 4.99. The first-order valence-corrected chi connectivity index (χ1v) is 6.73. The molecule has 1 atom stereocenters. The number of nitrogens with one attached hydrogen (secondary N) is 1. The molecule has 1 aromatic rings. The lowest BCUT2D eigenvalue weighted by molar-refractivity contribution is 0.357. The summed E-state index contributed by atoms with van der Waals surface area (Å²) in [5, 5.41) is 7.98. The summed E-state index contributed by atoms with van der Waals surface area (Å²) in [6.45, 7) is 2.27. The lowest BCUT2D eigenvalue weighted by Gasteiger charge is -2.21. The molecule has 0 saturated carbocycles. The van der Waals surface area contributed by atoms with Crippen LogP contribution in [-0.2, 0) is 12.8 Å². The van der Waals surface area contributed by atoms with Crippen molar-refractivity contribution in [2.24, 2.45) is 11.7 Å². The zero-order valence-electron chi connectivity index (χ0n) is 10.2. The Balaban J connectivity index is 1.71. The quantitative estimate of drug-likeness (QED) is 0.788. The van der Waals surface area contributed by atoms with Crippen LogP contribution in [-0.4, -0.2) is 27.9 Å². The van der Waals surface area contributed by atoms with Crippen molar-refractivity contribution in [2.45, 2.75) is 44.7 Å². The van der Waals surface area contributed by atoms with Gasteiger partial charge in [-0.15, -0.1) is 0 Å². The smallest absolute Gasteiger partial charge is 0.151 e. The molecule has 3 heterocycles. The van der Waals surface area contributed by atoms with Crippen LogP contribution in [0.4, 0.5) is 0 Å². The highest BCUT2D eigenvalue weighted by atomic mass is 15.4. The molecule has 17 heavy (non-hydrogen) atoms. The number of fused-ring (bicyclic) bond motifs is 1. The van der Waals surface area contributed by atoms with E-state index in [0.717, 1.165) is 56.3 Å². The second-order valence-electron chi connectivity index (χ2n) is 5.25. The van der Waals surface area contributed by atoms with Crippen molar-refractivity contribution in [1.29, 1.82) is 0 Å². The van der Waals surface area contributed by atoms with Gasteiger partial charge in [0.25, 0.3) is 0 Å². The van der Waals surface area contributed by atoms with Crippen LogP contribution < -0.4 is 11.1 Å². The molecule has 0 spiro atoms. The minimum absolute atomic E-state index is 0.0491. The Hall–Kier alpha value is -0.940. The summed E-state index contributed by atoms with van der Waals surface area (Å²) < 4.78 is 1.94. The summed E-state index contributed by atoms with van der Waals surface area (Å²) in [7, 11) is 0. The third-order valence-electron chi connectivity index (χ3n) is 3.89. The number of nitrogens with zero attached hydrogens (tertiary/aromatic N) is 3. The number of aromatic nitrogens is 3. The van der Waals surface area contributed by atoms with Crippen molar-refractivity contribution >= 4 is 0 Å². The van der Waals surface area contributed by atoms with Gasteiger partial charge >= 0.3 is 0 Å². The minimum Gasteiger partial charge on any atom is -0.317 e. The molecule has 0 aliphatic carbocycles. The molecule has 94 valence electrons. The van der Waals surface area contributed by atoms with Crippen molar-refractivity contribution in [3.05, 3.63) is 11.6 Å². The van der Waals surface area contributed by atoms with E-state index < -0.39 is 0 Å². The van der Waals surface area contributed by atoms with Gasteiger partial charge in [0, 0.05) is 12.8 Å². The molecular weight excluding hydrogens is 214 g/mol. The number of aryl methyl sites for hydroxylation is 1. The van der Waals surface area contributed by atoms with E-state index >= 15 is 0 Å². The van der Waals surface area contributed by atoms with Crippen LogP contribution in [0.25, 0.3) is 0 Å². The average Bonchev–Trinajstić information content (AvgIpc) is 2.74. The Kier molecular flexibility index (Phi) is 3.11. The highest BCUT2D eigenvalue weighted by Crippen LogP contribution is 2.21. The number of hydrogen-bond donors (Lipinski definition) is 2. The van der Waals surface area contributed by atoms with Crippen LogP contribution in [0.2, 0.25) is 0 Å². The SMILES string of the molecule is NC1CCCc2nc(CC3CCNCC3)nn21. The molecule has 1 unspecified atom stereocenters. The normalized spacial score (nSPS) is 25.8. The first kappa shape index (κ1) is 11.2. The van der Waals surface area contributed by atoms with E-state index in [0.29, 0.717) is 0 Å². The molecule has 0 aromatic carbocycles. The topological polar surface area (TPSA) is 68.8 Å². The van der Waals surface area contributed by atoms with Crippen LogP contribution in [0, 0.1) is 5.92 Å². The van der Waals surface area contributed by atoms with Gasteiger partial charge in [-0.25, -0.2) is 9.67 Å². The van der Waals surface area contributed by atoms with Crippen molar-refractivity contribution in [2.75, 3.05) is 13.1 Å². The van der Waals surface area contributed by atoms with Crippen molar-refractivity contribution < 1.29 is 0 Å². The number of hydrogen-bond acceptors (Lipinski definition) is 4. The van der Waals surface area contributed by atoms with Gasteiger partial charge in [-0.1, -0.05) is 0 Å². The lowest BCUT2D eigenvalue weighted by Crippen LogP contribution is -2.29. The molecule has 1 saturated heterocycles. The van der Waals surface area contributed by atoms with Crippen LogP contribution in [0.15, 0.2) is 0 Å². The van der Waals surface area contributed by atoms with Gasteiger partial charge in [0.05, 0.1) is 0 Å². The Bertz CT molecular complexity index is 380. The minimum atomic E-state index is 0.0491. The molecule has 1 aromatic heterocycles. The summed E-state index contributed by atoms with van der Waals surface area (Å²) in [5.41, 5.74) is 6.04. The molecule has 2 aliphatic rings. The van der Waals surface area contributed by atoms with Crippen LogP contribution >= 0.6 is 0 Å². The van der Waals surface area contributed by atoms with E-state index in [9.17, 15) is 0 Å². The third-order valence-corrected chi connectivity index (χ3v) is 3.89. The van der Waals surface area contributed by atoms with Gasteiger partial charge in [-0.3, -0.25) is 0 Å². The Labute approximate surface area is 102 Å². The lowest BCUT2D eigenvalue weighted by atomic mass is 9.94. The maximum atomic E-state index is 6.04. The van der Waals surface area contributed by atoms with Crippen molar-refractivity contribution in [3.63, 3.8) is 0 Å². The zero-order chi connectivity index (χ0) is 11.7. The van der Waals surface area contributed by atoms with Crippen LogP contribution in [0.5, 0.6) is 0 Å². The Morgan fingerprint density at radius 3 is 2.88 bits per heavy atom. The molecule has 0 radical (unpaired) electrons. The predicted octanol–water partition coefficient (Wildman–Crippen LogP) is 0.614. The van der Waals surface area contributed by atoms with Crippen molar-refractivity contribution in [3.8, 4) is 0 Å². The summed E-state index contributed by atoms with van der Waals surface area (Å²) in [6.07, 6.45) is 6.77. The van der Waals surface area contributed by atoms with Gasteiger partial charge < -0.3 is 11.1 Å². The molecule has 3 N–H and O–H groups in total. The largest absolute Gasteiger partial charge is 0.317 e. The number of rotatable bonds is 2. The number of piperidine rings is 1. The maximum absolute atomic E-state index is 6.04. The van der Waals surface area contributed by atoms with Crippen molar-refractivity contribution in [1.82, 2.24) is 20.1 Å². The molecule has 0 amide bonds. The standard InChI is InChI=1S/C12H21N5/c13-10-2-1-3-12-15-11(16-17(10)12)8-9-4-6-14-7-5-9/h9-10,14H,1-8,13H2. The van der Waals surface area contributed by atoms with E-state index in [-0.39, 0.29) is 6.17 Å². The van der Waals surface area contributed by atoms with Gasteiger partial charge in [0.15, 0.2) is 5.82 Å². The first-order valence-electron chi connectivity index (χ1n) is 6.73. The van der Waals surface area contributed by atoms with Crippen LogP contribution in [0.3, 0.4) is 0 Å². The van der Waals surface area contributed by atoms with Gasteiger partial charge in [-0.2, -0.15) is 5.10 Å². The fraction of sp³-hybridized carbons (Fsp3) is 0.833. The molecule has 5 heteroatoms. The Morgan fingerprint density at radius 1 is 1.29 bits per heavy atom. The van der Waals surface area contributed by atoms with Crippen LogP contribution in [0.1, 0.15) is 43.5 Å². The molecule has 2 aliphatic heterocycles. The predicted molar refractivity (Wildman–Crippen MR) is 65.5 cm³/mol. The summed E-state index contributed by atoms with van der Waals surface area (Å²) in [6, 6.07) is 0. The summed E-state index contributed by atoms with van der Waals surface area (Å²) in [5.74, 6) is 2.84. The summed E-state index contributed by atoms with van der Waals surface area (Å²) >= 11 is 0. The van der Waals surface area contributed by atoms with E-state index in [1.807, 2.05) is 4.68 Å². The number of nitrogens with two attached hydrogens (primary N) is 1. The first-order chi connectivity index (χ1) is 8.33. The fourth-order valence-corrected chi connectivity index (χ4v) is 2.86. The summed E-state index contributed by atoms with van der Waals surface area (Å²) in [4.78, 5) is 4.65. The molecule has 1 fully saturated rings. The molecular formula is C12H21N5. The molecule has 5 nitrogen and oxygen atoms in total. The highest BCUT2D eigenvalue weighted by Gasteiger charge is 2.22. The van der Waals surface area contributed by atoms with E-state index in [2.05, 4.69) is 15.4 Å². The average molecular weight is 235 g/mol. The third kappa shape index (κ3) is 2.35. The van der Waals surface area contributed by atoms with E-state index in [1.165, 1.54) is 12.8 Å². The molecule has 0 bridgehead atoms. The second kappa shape index (κ2) is 4.74. The second-order valence-corrected chi connectivity index (χ2v) is 5.25.